The van der Waals surface area contributed by atoms with Gasteiger partial charge in [0.2, 0.25) is 0 Å². The van der Waals surface area contributed by atoms with Gasteiger partial charge >= 0.3 is 5.91 Å². The van der Waals surface area contributed by atoms with E-state index in [9.17, 15) is 14.7 Å². The normalized spacial score (nSPS) is 13.7. The predicted octanol–water partition coefficient (Wildman–Crippen LogP) is 5.40. The Kier molecular flexibility index (Phi) is 7.01. The molecule has 0 N–H and O–H groups in total. The Balaban J connectivity index is 1.79. The molecule has 1 aliphatic rings. The second-order valence-electron chi connectivity index (χ2n) is 8.82. The molecule has 2 aromatic heterocycles. The summed E-state index contributed by atoms with van der Waals surface area (Å²) < 4.78 is 2.76. The number of pyridine rings is 1. The predicted molar refractivity (Wildman–Crippen MR) is 145 cm³/mol. The van der Waals surface area contributed by atoms with Crippen molar-refractivity contribution in [3.63, 3.8) is 0 Å². The molecular formula is C28H21Cl3N4O3. The van der Waals surface area contributed by atoms with Gasteiger partial charge in [0, 0.05) is 22.2 Å². The number of halogens is 3. The van der Waals surface area contributed by atoms with Crippen LogP contribution in [0.5, 0.6) is 5.88 Å². The minimum absolute atomic E-state index is 0.0228. The molecule has 0 bridgehead atoms. The summed E-state index contributed by atoms with van der Waals surface area (Å²) in [6.07, 6.45) is 4.47. The summed E-state index contributed by atoms with van der Waals surface area (Å²) >= 11 is 18.5. The van der Waals surface area contributed by atoms with Crippen molar-refractivity contribution in [2.45, 2.75) is 26.7 Å². The zero-order chi connectivity index (χ0) is 27.1. The maximum Gasteiger partial charge on any atom is 0.331 e. The standard InChI is InChI=1S/C28H21Cl3N4O3/c1-3-6-22-23(27(37)35(32-22)19-10-11-20(30)21(31)14-19)24-25(33-12-5-7-16(2)15-33)28(38)34(26(24)36)18-9-4-8-17(29)13-18/h4-5,7-15H,3,6H2,1-2H3. The third kappa shape index (κ3) is 4.47. The van der Waals surface area contributed by atoms with E-state index in [0.717, 1.165) is 10.5 Å². The first-order valence-corrected chi connectivity index (χ1v) is 13.0. The summed E-state index contributed by atoms with van der Waals surface area (Å²) in [7, 11) is 0. The Morgan fingerprint density at radius 2 is 1.74 bits per heavy atom. The molecule has 7 nitrogen and oxygen atoms in total. The summed E-state index contributed by atoms with van der Waals surface area (Å²) in [5.74, 6) is -1.75. The van der Waals surface area contributed by atoms with Gasteiger partial charge in [0.25, 0.3) is 11.6 Å². The molecule has 0 unspecified atom stereocenters. The van der Waals surface area contributed by atoms with Crippen molar-refractivity contribution in [3.05, 3.63) is 98.9 Å². The number of anilines is 1. The van der Waals surface area contributed by atoms with Crippen molar-refractivity contribution in [2.75, 3.05) is 4.90 Å². The van der Waals surface area contributed by atoms with Gasteiger partial charge in [0.1, 0.15) is 5.57 Å². The van der Waals surface area contributed by atoms with Crippen LogP contribution in [-0.2, 0) is 16.0 Å². The molecule has 10 heteroatoms. The maximum absolute atomic E-state index is 14.0. The van der Waals surface area contributed by atoms with Gasteiger partial charge in [0.05, 0.1) is 27.1 Å². The number of carbonyl (C=O) groups is 2. The molecule has 2 aromatic carbocycles. The van der Waals surface area contributed by atoms with Crippen LogP contribution in [0.25, 0.3) is 17.0 Å². The van der Waals surface area contributed by atoms with Gasteiger partial charge in [-0.25, -0.2) is 9.58 Å². The Morgan fingerprint density at radius 1 is 0.947 bits per heavy atom. The molecule has 0 fully saturated rings. The molecule has 4 aromatic rings. The lowest BCUT2D eigenvalue weighted by Gasteiger charge is -2.16. The smallest absolute Gasteiger partial charge is 0.331 e. The lowest BCUT2D eigenvalue weighted by molar-refractivity contribution is -0.577. The molecule has 0 saturated carbocycles. The number of aryl methyl sites for hydroxylation is 2. The fourth-order valence-electron chi connectivity index (χ4n) is 4.47. The van der Waals surface area contributed by atoms with Crippen molar-refractivity contribution in [1.82, 2.24) is 9.78 Å². The van der Waals surface area contributed by atoms with Crippen LogP contribution in [-0.4, -0.2) is 21.6 Å². The number of carbonyl (C=O) groups excluding carboxylic acids is 2. The van der Waals surface area contributed by atoms with Crippen molar-refractivity contribution in [2.24, 2.45) is 0 Å². The molecule has 38 heavy (non-hydrogen) atoms. The highest BCUT2D eigenvalue weighted by molar-refractivity contribution is 6.53. The molecule has 3 heterocycles. The highest BCUT2D eigenvalue weighted by atomic mass is 35.5. The Bertz CT molecular complexity index is 1640. The number of benzene rings is 2. The lowest BCUT2D eigenvalue weighted by atomic mass is 10.0. The second-order valence-corrected chi connectivity index (χ2v) is 10.1. The minimum atomic E-state index is -0.635. The van der Waals surface area contributed by atoms with Gasteiger partial charge in [-0.2, -0.15) is 9.67 Å². The van der Waals surface area contributed by atoms with E-state index in [2.05, 4.69) is 5.10 Å². The van der Waals surface area contributed by atoms with Gasteiger partial charge < -0.3 is 5.11 Å². The Hall–Kier alpha value is -3.65. The maximum atomic E-state index is 14.0. The van der Waals surface area contributed by atoms with E-state index in [0.29, 0.717) is 40.0 Å². The third-order valence-corrected chi connectivity index (χ3v) is 7.11. The molecule has 5 rings (SSSR count). The van der Waals surface area contributed by atoms with Crippen LogP contribution in [0.4, 0.5) is 5.69 Å². The van der Waals surface area contributed by atoms with E-state index in [-0.39, 0.29) is 21.9 Å². The molecule has 1 aliphatic heterocycles. The summed E-state index contributed by atoms with van der Waals surface area (Å²) in [4.78, 5) is 29.0. The van der Waals surface area contributed by atoms with Crippen molar-refractivity contribution in [1.29, 1.82) is 0 Å². The first kappa shape index (κ1) is 26.0. The van der Waals surface area contributed by atoms with Gasteiger partial charge in [0.15, 0.2) is 12.4 Å². The SMILES string of the molecule is CCCc1nn(-c2ccc(Cl)c(Cl)c2)c([O-])c1C1=C([n+]2cccc(C)c2)C(=O)N(c2cccc(Cl)c2)C1=O. The van der Waals surface area contributed by atoms with Gasteiger partial charge in [-0.05, 0) is 61.7 Å². The average molecular weight is 568 g/mol. The van der Waals surface area contributed by atoms with E-state index < -0.39 is 17.7 Å². The largest absolute Gasteiger partial charge is 0.858 e. The highest BCUT2D eigenvalue weighted by Gasteiger charge is 2.47. The first-order valence-electron chi connectivity index (χ1n) is 11.8. The quantitative estimate of drug-likeness (QED) is 0.231. The topological polar surface area (TPSA) is 82.1 Å². The number of amides is 2. The van der Waals surface area contributed by atoms with E-state index in [1.165, 1.54) is 16.8 Å². The zero-order valence-corrected chi connectivity index (χ0v) is 22.7. The molecule has 192 valence electrons. The minimum Gasteiger partial charge on any atom is -0.858 e. The number of hydrogen-bond donors (Lipinski definition) is 0. The van der Waals surface area contributed by atoms with Gasteiger partial charge in [-0.1, -0.05) is 54.2 Å². The number of hydrogen-bond acceptors (Lipinski definition) is 4. The highest BCUT2D eigenvalue weighted by Crippen LogP contribution is 2.40. The average Bonchev–Trinajstić information content (AvgIpc) is 3.32. The molecule has 0 aliphatic carbocycles. The van der Waals surface area contributed by atoms with Crippen LogP contribution in [0.15, 0.2) is 67.0 Å². The van der Waals surface area contributed by atoms with E-state index in [4.69, 9.17) is 34.8 Å². The third-order valence-electron chi connectivity index (χ3n) is 6.13. The van der Waals surface area contributed by atoms with E-state index in [1.807, 2.05) is 19.9 Å². The summed E-state index contributed by atoms with van der Waals surface area (Å²) in [5, 5.41) is 19.4. The number of nitrogens with zero attached hydrogens (tertiary/aromatic N) is 4. The number of aromatic nitrogens is 3. The Morgan fingerprint density at radius 3 is 2.42 bits per heavy atom. The summed E-state index contributed by atoms with van der Waals surface area (Å²) in [6, 6.07) is 14.8. The fourth-order valence-corrected chi connectivity index (χ4v) is 4.94. The Labute approximate surface area is 234 Å². The molecule has 0 spiro atoms. The van der Waals surface area contributed by atoms with Crippen molar-refractivity contribution in [3.8, 4) is 11.6 Å². The fraction of sp³-hybridized carbons (Fsp3) is 0.143. The van der Waals surface area contributed by atoms with Crippen LogP contribution >= 0.6 is 34.8 Å². The van der Waals surface area contributed by atoms with Gasteiger partial charge in [-0.3, -0.25) is 9.59 Å². The van der Waals surface area contributed by atoms with E-state index in [1.54, 1.807) is 53.4 Å². The lowest BCUT2D eigenvalue weighted by Crippen LogP contribution is -2.39. The monoisotopic (exact) mass is 566 g/mol. The summed E-state index contributed by atoms with van der Waals surface area (Å²) in [6.45, 7) is 3.81. The van der Waals surface area contributed by atoms with Crippen LogP contribution < -0.4 is 14.6 Å². The summed E-state index contributed by atoms with van der Waals surface area (Å²) in [5.41, 5.74) is 2.07. The molecule has 0 saturated heterocycles. The first-order chi connectivity index (χ1) is 18.2. The van der Waals surface area contributed by atoms with Gasteiger partial charge in [-0.15, -0.1) is 0 Å². The molecule has 0 atom stereocenters. The van der Waals surface area contributed by atoms with E-state index >= 15 is 0 Å². The molecule has 2 amide bonds. The molecular weight excluding hydrogens is 547 g/mol. The van der Waals surface area contributed by atoms with Crippen LogP contribution in [0.3, 0.4) is 0 Å². The second kappa shape index (κ2) is 10.3. The number of imide groups is 1. The van der Waals surface area contributed by atoms with Crippen molar-refractivity contribution >= 4 is 63.6 Å². The van der Waals surface area contributed by atoms with Crippen LogP contribution in [0, 0.1) is 6.92 Å². The van der Waals surface area contributed by atoms with Crippen LogP contribution in [0.2, 0.25) is 15.1 Å². The zero-order valence-electron chi connectivity index (χ0n) is 20.4. The van der Waals surface area contributed by atoms with Crippen LogP contribution in [0.1, 0.15) is 30.2 Å². The number of rotatable bonds is 6. The van der Waals surface area contributed by atoms with Crippen molar-refractivity contribution < 1.29 is 19.3 Å². The molecule has 0 radical (unpaired) electrons.